The number of carbonyl (C=O) groups excluding carboxylic acids is 3. The Kier molecular flexibility index (Phi) is 4.80. The van der Waals surface area contributed by atoms with Crippen molar-refractivity contribution in [1.82, 2.24) is 5.32 Å². The van der Waals surface area contributed by atoms with Gasteiger partial charge in [-0.3, -0.25) is 9.59 Å². The van der Waals surface area contributed by atoms with E-state index in [-0.39, 0.29) is 5.56 Å². The number of ketones is 1. The average molecular weight is 263 g/mol. The topological polar surface area (TPSA) is 72.5 Å². The third-order valence-electron chi connectivity index (χ3n) is 2.07. The van der Waals surface area contributed by atoms with Crippen molar-refractivity contribution >= 4 is 17.7 Å². The summed E-state index contributed by atoms with van der Waals surface area (Å²) in [4.78, 5) is 34.5. The van der Waals surface area contributed by atoms with Gasteiger partial charge in [-0.05, 0) is 20.8 Å². The van der Waals surface area contributed by atoms with Crippen LogP contribution >= 0.6 is 0 Å². The summed E-state index contributed by atoms with van der Waals surface area (Å²) in [5.74, 6) is -2.24. The molecular weight excluding hydrogens is 246 g/mol. The summed E-state index contributed by atoms with van der Waals surface area (Å²) in [6.45, 7) is 4.96. The van der Waals surface area contributed by atoms with Gasteiger partial charge >= 0.3 is 5.97 Å². The lowest BCUT2D eigenvalue weighted by Gasteiger charge is -2.20. The highest BCUT2D eigenvalue weighted by atomic mass is 16.5. The highest BCUT2D eigenvalue weighted by molar-refractivity contribution is 6.40. The monoisotopic (exact) mass is 263 g/mol. The zero-order chi connectivity index (χ0) is 14.5. The summed E-state index contributed by atoms with van der Waals surface area (Å²) in [6, 6.07) is 8.05. The van der Waals surface area contributed by atoms with E-state index in [0.29, 0.717) is 0 Å². The molecule has 102 valence electrons. The summed E-state index contributed by atoms with van der Waals surface area (Å²) in [5.41, 5.74) is -0.170. The molecule has 1 N–H and O–H groups in total. The van der Waals surface area contributed by atoms with Crippen molar-refractivity contribution in [3.8, 4) is 0 Å². The Morgan fingerprint density at radius 2 is 1.68 bits per heavy atom. The number of amides is 1. The molecule has 0 radical (unpaired) electrons. The Balaban J connectivity index is 2.48. The summed E-state index contributed by atoms with van der Waals surface area (Å²) in [7, 11) is 0. The molecule has 0 atom stereocenters. The minimum atomic E-state index is -1.03. The molecule has 1 aromatic rings. The van der Waals surface area contributed by atoms with Crippen molar-refractivity contribution < 1.29 is 19.1 Å². The lowest BCUT2D eigenvalue weighted by molar-refractivity contribution is -0.144. The molecular formula is C14H17NO4. The van der Waals surface area contributed by atoms with E-state index in [1.807, 2.05) is 20.8 Å². The Hall–Kier alpha value is -2.17. The van der Waals surface area contributed by atoms with E-state index >= 15 is 0 Å². The molecule has 1 amide bonds. The van der Waals surface area contributed by atoms with Gasteiger partial charge in [0, 0.05) is 11.1 Å². The number of Topliss-reactive ketones (excluding diaryl/α,β-unsaturated/α-hetero) is 1. The average Bonchev–Trinajstić information content (AvgIpc) is 2.34. The Labute approximate surface area is 111 Å². The van der Waals surface area contributed by atoms with Gasteiger partial charge in [0.15, 0.2) is 6.61 Å². The van der Waals surface area contributed by atoms with Gasteiger partial charge in [-0.15, -0.1) is 0 Å². The number of esters is 1. The minimum absolute atomic E-state index is 0.240. The van der Waals surface area contributed by atoms with Gasteiger partial charge in [0.05, 0.1) is 0 Å². The molecule has 5 heteroatoms. The largest absolute Gasteiger partial charge is 0.450 e. The van der Waals surface area contributed by atoms with Gasteiger partial charge in [0.25, 0.3) is 11.7 Å². The van der Waals surface area contributed by atoms with Crippen LogP contribution in [0.4, 0.5) is 0 Å². The van der Waals surface area contributed by atoms with E-state index in [0.717, 1.165) is 0 Å². The maximum Gasteiger partial charge on any atom is 0.380 e. The summed E-state index contributed by atoms with van der Waals surface area (Å²) in [5, 5.41) is 2.63. The molecule has 5 nitrogen and oxygen atoms in total. The number of nitrogens with one attached hydrogen (secondary N) is 1. The molecule has 0 unspecified atom stereocenters. The normalized spacial score (nSPS) is 10.7. The first-order valence-electron chi connectivity index (χ1n) is 5.87. The molecule has 0 aliphatic heterocycles. The number of hydrogen-bond acceptors (Lipinski definition) is 4. The molecule has 0 aliphatic carbocycles. The van der Waals surface area contributed by atoms with E-state index in [2.05, 4.69) is 10.1 Å². The van der Waals surface area contributed by atoms with Crippen molar-refractivity contribution in [2.24, 2.45) is 0 Å². The molecule has 0 bridgehead atoms. The highest BCUT2D eigenvalue weighted by Gasteiger charge is 2.20. The Bertz CT molecular complexity index is 474. The van der Waals surface area contributed by atoms with Crippen molar-refractivity contribution in [3.63, 3.8) is 0 Å². The van der Waals surface area contributed by atoms with Crippen molar-refractivity contribution in [3.05, 3.63) is 35.9 Å². The van der Waals surface area contributed by atoms with Crippen LogP contribution in [0, 0.1) is 0 Å². The minimum Gasteiger partial charge on any atom is -0.450 e. The summed E-state index contributed by atoms with van der Waals surface area (Å²) in [6.07, 6.45) is 0. The molecule has 0 saturated heterocycles. The van der Waals surface area contributed by atoms with Gasteiger partial charge in [-0.2, -0.15) is 0 Å². The Morgan fingerprint density at radius 1 is 1.11 bits per heavy atom. The van der Waals surface area contributed by atoms with Gasteiger partial charge < -0.3 is 10.1 Å². The number of carbonyl (C=O) groups is 3. The lowest BCUT2D eigenvalue weighted by Crippen LogP contribution is -2.43. The second-order valence-corrected chi connectivity index (χ2v) is 5.07. The molecule has 0 aliphatic rings. The van der Waals surface area contributed by atoms with Gasteiger partial charge in [0.2, 0.25) is 0 Å². The van der Waals surface area contributed by atoms with Crippen LogP contribution in [-0.4, -0.2) is 29.8 Å². The van der Waals surface area contributed by atoms with Crippen LogP contribution < -0.4 is 5.32 Å². The Morgan fingerprint density at radius 3 is 2.21 bits per heavy atom. The van der Waals surface area contributed by atoms with Crippen LogP contribution in [-0.2, 0) is 14.3 Å². The predicted molar refractivity (Wildman–Crippen MR) is 69.6 cm³/mol. The van der Waals surface area contributed by atoms with Gasteiger partial charge in [0.1, 0.15) is 0 Å². The lowest BCUT2D eigenvalue weighted by atomic mass is 10.1. The molecule has 19 heavy (non-hydrogen) atoms. The van der Waals surface area contributed by atoms with Crippen molar-refractivity contribution in [2.75, 3.05) is 6.61 Å². The van der Waals surface area contributed by atoms with Gasteiger partial charge in [-0.1, -0.05) is 30.3 Å². The maximum atomic E-state index is 11.6. The SMILES string of the molecule is CC(C)(C)NC(=O)COC(=O)C(=O)c1ccccc1. The zero-order valence-corrected chi connectivity index (χ0v) is 11.2. The van der Waals surface area contributed by atoms with Crippen LogP contribution in [0.1, 0.15) is 31.1 Å². The van der Waals surface area contributed by atoms with Crippen molar-refractivity contribution in [2.45, 2.75) is 26.3 Å². The molecule has 0 heterocycles. The van der Waals surface area contributed by atoms with Crippen molar-refractivity contribution in [1.29, 1.82) is 0 Å². The van der Waals surface area contributed by atoms with Crippen LogP contribution in [0.3, 0.4) is 0 Å². The second kappa shape index (κ2) is 6.13. The first-order chi connectivity index (χ1) is 8.79. The third kappa shape index (κ3) is 5.33. The maximum absolute atomic E-state index is 11.6. The first-order valence-corrected chi connectivity index (χ1v) is 5.87. The number of hydrogen-bond donors (Lipinski definition) is 1. The molecule has 0 fully saturated rings. The van der Waals surface area contributed by atoms with E-state index in [1.165, 1.54) is 12.1 Å². The van der Waals surface area contributed by atoms with E-state index in [9.17, 15) is 14.4 Å². The quantitative estimate of drug-likeness (QED) is 0.505. The standard InChI is InChI=1S/C14H17NO4/c1-14(2,3)15-11(16)9-19-13(18)12(17)10-7-5-4-6-8-10/h4-8H,9H2,1-3H3,(H,15,16). The van der Waals surface area contributed by atoms with E-state index < -0.39 is 29.8 Å². The highest BCUT2D eigenvalue weighted by Crippen LogP contribution is 2.02. The summed E-state index contributed by atoms with van der Waals surface area (Å²) < 4.78 is 4.67. The fourth-order valence-electron chi connectivity index (χ4n) is 1.36. The van der Waals surface area contributed by atoms with E-state index in [4.69, 9.17) is 0 Å². The molecule has 0 spiro atoms. The van der Waals surface area contributed by atoms with Crippen LogP contribution in [0.5, 0.6) is 0 Å². The van der Waals surface area contributed by atoms with Crippen LogP contribution in [0.2, 0.25) is 0 Å². The molecule has 1 aromatic carbocycles. The molecule has 1 rings (SSSR count). The number of ether oxygens (including phenoxy) is 1. The second-order valence-electron chi connectivity index (χ2n) is 5.07. The number of benzene rings is 1. The van der Waals surface area contributed by atoms with E-state index in [1.54, 1.807) is 18.2 Å². The molecule has 0 aromatic heterocycles. The van der Waals surface area contributed by atoms with Gasteiger partial charge in [-0.25, -0.2) is 4.79 Å². The van der Waals surface area contributed by atoms with Crippen LogP contribution in [0.15, 0.2) is 30.3 Å². The fourth-order valence-corrected chi connectivity index (χ4v) is 1.36. The fraction of sp³-hybridized carbons (Fsp3) is 0.357. The smallest absolute Gasteiger partial charge is 0.380 e. The zero-order valence-electron chi connectivity index (χ0n) is 11.2. The first kappa shape index (κ1) is 14.9. The van der Waals surface area contributed by atoms with Crippen LogP contribution in [0.25, 0.3) is 0 Å². The summed E-state index contributed by atoms with van der Waals surface area (Å²) >= 11 is 0. The number of rotatable bonds is 4. The third-order valence-corrected chi connectivity index (χ3v) is 2.07. The molecule has 0 saturated carbocycles. The predicted octanol–water partition coefficient (Wildman–Crippen LogP) is 1.33.